The molecule has 0 aliphatic carbocycles. The number of benzene rings is 2. The van der Waals surface area contributed by atoms with Gasteiger partial charge in [-0.05, 0) is 30.3 Å². The van der Waals surface area contributed by atoms with Crippen molar-refractivity contribution in [3.8, 4) is 5.75 Å². The molecule has 2 aromatic carbocycles. The lowest BCUT2D eigenvalue weighted by molar-refractivity contribution is 0.100. The molecule has 20 heavy (non-hydrogen) atoms. The quantitative estimate of drug-likeness (QED) is 0.835. The maximum Gasteiger partial charge on any atom is 0.250 e. The summed E-state index contributed by atoms with van der Waals surface area (Å²) in [4.78, 5) is 13.4. The number of hydrogen-bond donors (Lipinski definition) is 2. The van der Waals surface area contributed by atoms with Crippen LogP contribution in [0.5, 0.6) is 5.75 Å². The molecule has 0 unspecified atom stereocenters. The van der Waals surface area contributed by atoms with Gasteiger partial charge in [0.2, 0.25) is 0 Å². The molecule has 0 spiro atoms. The average molecular weight is 271 g/mol. The molecule has 0 radical (unpaired) electrons. The van der Waals surface area contributed by atoms with Gasteiger partial charge < -0.3 is 21.1 Å². The number of rotatable bonds is 4. The first-order valence-electron chi connectivity index (χ1n) is 6.10. The maximum atomic E-state index is 11.5. The second-order valence-corrected chi connectivity index (χ2v) is 4.40. The number of carbonyl (C=O) groups is 1. The van der Waals surface area contributed by atoms with Crippen molar-refractivity contribution in [2.75, 3.05) is 24.8 Å². The highest BCUT2D eigenvalue weighted by atomic mass is 16.5. The van der Waals surface area contributed by atoms with Crippen LogP contribution in [0.25, 0.3) is 0 Å². The highest BCUT2D eigenvalue weighted by molar-refractivity contribution is 6.00. The summed E-state index contributed by atoms with van der Waals surface area (Å²) in [7, 11) is 3.45. The highest BCUT2D eigenvalue weighted by Crippen LogP contribution is 2.30. The lowest BCUT2D eigenvalue weighted by Gasteiger charge is -2.22. The van der Waals surface area contributed by atoms with Crippen LogP contribution in [0.15, 0.2) is 42.5 Å². The third-order valence-electron chi connectivity index (χ3n) is 3.09. The molecule has 0 aromatic heterocycles. The van der Waals surface area contributed by atoms with Crippen molar-refractivity contribution in [3.05, 3.63) is 48.0 Å². The summed E-state index contributed by atoms with van der Waals surface area (Å²) in [5.41, 5.74) is 13.7. The lowest BCUT2D eigenvalue weighted by atomic mass is 10.1. The highest BCUT2D eigenvalue weighted by Gasteiger charge is 2.14. The van der Waals surface area contributed by atoms with Gasteiger partial charge in [-0.1, -0.05) is 6.07 Å². The molecule has 5 heteroatoms. The molecular weight excluding hydrogens is 254 g/mol. The molecule has 0 atom stereocenters. The van der Waals surface area contributed by atoms with Crippen LogP contribution in [0.1, 0.15) is 10.4 Å². The molecule has 0 bridgehead atoms. The zero-order valence-electron chi connectivity index (χ0n) is 11.5. The van der Waals surface area contributed by atoms with E-state index in [0.29, 0.717) is 16.9 Å². The van der Waals surface area contributed by atoms with E-state index in [1.807, 2.05) is 36.2 Å². The first-order valence-corrected chi connectivity index (χ1v) is 6.10. The Balaban J connectivity index is 2.49. The van der Waals surface area contributed by atoms with Crippen molar-refractivity contribution in [1.29, 1.82) is 0 Å². The fourth-order valence-electron chi connectivity index (χ4n) is 1.99. The standard InChI is InChI=1S/C15H17N3O2/c1-18(11-4-3-5-12(9-11)20-2)14-8-10(16)6-7-13(14)15(17)19/h3-9H,16H2,1-2H3,(H2,17,19). The molecular formula is C15H17N3O2. The maximum absolute atomic E-state index is 11.5. The normalized spacial score (nSPS) is 10.1. The number of nitrogens with zero attached hydrogens (tertiary/aromatic N) is 1. The summed E-state index contributed by atoms with van der Waals surface area (Å²) in [6, 6.07) is 12.5. The molecule has 2 rings (SSSR count). The molecule has 0 saturated heterocycles. The number of primary amides is 1. The number of nitrogens with two attached hydrogens (primary N) is 2. The fraction of sp³-hybridized carbons (Fsp3) is 0.133. The van der Waals surface area contributed by atoms with Crippen LogP contribution in [0.4, 0.5) is 17.1 Å². The van der Waals surface area contributed by atoms with Crippen molar-refractivity contribution in [3.63, 3.8) is 0 Å². The molecule has 4 N–H and O–H groups in total. The van der Waals surface area contributed by atoms with Gasteiger partial charge >= 0.3 is 0 Å². The van der Waals surface area contributed by atoms with Gasteiger partial charge in [0.1, 0.15) is 5.75 Å². The first kappa shape index (κ1) is 13.7. The van der Waals surface area contributed by atoms with Gasteiger partial charge in [0.05, 0.1) is 18.4 Å². The van der Waals surface area contributed by atoms with E-state index in [1.165, 1.54) is 0 Å². The predicted octanol–water partition coefficient (Wildman–Crippen LogP) is 2.14. The van der Waals surface area contributed by atoms with E-state index >= 15 is 0 Å². The third kappa shape index (κ3) is 2.66. The molecule has 2 aromatic rings. The summed E-state index contributed by atoms with van der Waals surface area (Å²) >= 11 is 0. The summed E-state index contributed by atoms with van der Waals surface area (Å²) in [5.74, 6) is 0.244. The second kappa shape index (κ2) is 5.52. The second-order valence-electron chi connectivity index (χ2n) is 4.40. The van der Waals surface area contributed by atoms with E-state index in [0.717, 1.165) is 11.4 Å². The number of hydrogen-bond acceptors (Lipinski definition) is 4. The van der Waals surface area contributed by atoms with Gasteiger partial charge in [-0.2, -0.15) is 0 Å². The van der Waals surface area contributed by atoms with Gasteiger partial charge in [0.15, 0.2) is 0 Å². The minimum absolute atomic E-state index is 0.421. The first-order chi connectivity index (χ1) is 9.52. The number of carbonyl (C=O) groups excluding carboxylic acids is 1. The van der Waals surface area contributed by atoms with Gasteiger partial charge in [-0.25, -0.2) is 0 Å². The Morgan fingerprint density at radius 3 is 2.60 bits per heavy atom. The number of methoxy groups -OCH3 is 1. The van der Waals surface area contributed by atoms with Crippen LogP contribution in [0, 0.1) is 0 Å². The summed E-state index contributed by atoms with van der Waals surface area (Å²) in [6.45, 7) is 0. The largest absolute Gasteiger partial charge is 0.497 e. The number of amides is 1. The smallest absolute Gasteiger partial charge is 0.250 e. The molecule has 104 valence electrons. The summed E-state index contributed by atoms with van der Waals surface area (Å²) in [5, 5.41) is 0. The predicted molar refractivity (Wildman–Crippen MR) is 80.4 cm³/mol. The van der Waals surface area contributed by atoms with Gasteiger partial charge in [0, 0.05) is 24.5 Å². The third-order valence-corrected chi connectivity index (χ3v) is 3.09. The topological polar surface area (TPSA) is 81.6 Å². The number of ether oxygens (including phenoxy) is 1. The molecule has 1 amide bonds. The minimum atomic E-state index is -0.491. The Morgan fingerprint density at radius 1 is 1.20 bits per heavy atom. The van der Waals surface area contributed by atoms with Crippen molar-refractivity contribution >= 4 is 23.0 Å². The van der Waals surface area contributed by atoms with Crippen molar-refractivity contribution in [2.45, 2.75) is 0 Å². The van der Waals surface area contributed by atoms with Crippen LogP contribution >= 0.6 is 0 Å². The summed E-state index contributed by atoms with van der Waals surface area (Å²) in [6.07, 6.45) is 0. The Morgan fingerprint density at radius 2 is 1.95 bits per heavy atom. The zero-order valence-corrected chi connectivity index (χ0v) is 11.5. The van der Waals surface area contributed by atoms with Gasteiger partial charge in [-0.15, -0.1) is 0 Å². The molecule has 0 aliphatic heterocycles. The molecule has 0 aliphatic rings. The number of nitrogen functional groups attached to an aromatic ring is 1. The Hall–Kier alpha value is -2.69. The molecule has 5 nitrogen and oxygen atoms in total. The molecule has 0 heterocycles. The molecule has 0 saturated carbocycles. The average Bonchev–Trinajstić information content (AvgIpc) is 2.46. The van der Waals surface area contributed by atoms with E-state index in [1.54, 1.807) is 25.3 Å². The van der Waals surface area contributed by atoms with Crippen molar-refractivity contribution in [1.82, 2.24) is 0 Å². The van der Waals surface area contributed by atoms with E-state index in [2.05, 4.69) is 0 Å². The van der Waals surface area contributed by atoms with Gasteiger partial charge in [0.25, 0.3) is 5.91 Å². The van der Waals surface area contributed by atoms with Crippen LogP contribution in [-0.2, 0) is 0 Å². The van der Waals surface area contributed by atoms with Crippen LogP contribution < -0.4 is 21.1 Å². The Bertz CT molecular complexity index is 641. The Labute approximate surface area is 117 Å². The number of anilines is 3. The lowest BCUT2D eigenvalue weighted by Crippen LogP contribution is -2.18. The van der Waals surface area contributed by atoms with E-state index in [4.69, 9.17) is 16.2 Å². The van der Waals surface area contributed by atoms with Crippen LogP contribution in [-0.4, -0.2) is 20.1 Å². The van der Waals surface area contributed by atoms with Crippen LogP contribution in [0.2, 0.25) is 0 Å². The van der Waals surface area contributed by atoms with Crippen molar-refractivity contribution in [2.24, 2.45) is 5.73 Å². The van der Waals surface area contributed by atoms with Gasteiger partial charge in [-0.3, -0.25) is 4.79 Å². The zero-order chi connectivity index (χ0) is 14.7. The van der Waals surface area contributed by atoms with Crippen LogP contribution in [0.3, 0.4) is 0 Å². The SMILES string of the molecule is COc1cccc(N(C)c2cc(N)ccc2C(N)=O)c1. The molecule has 0 fully saturated rings. The summed E-state index contributed by atoms with van der Waals surface area (Å²) < 4.78 is 5.20. The van der Waals surface area contributed by atoms with E-state index < -0.39 is 5.91 Å². The van der Waals surface area contributed by atoms with Crippen molar-refractivity contribution < 1.29 is 9.53 Å². The fourth-order valence-corrected chi connectivity index (χ4v) is 1.99. The minimum Gasteiger partial charge on any atom is -0.497 e. The van der Waals surface area contributed by atoms with E-state index in [-0.39, 0.29) is 0 Å². The van der Waals surface area contributed by atoms with E-state index in [9.17, 15) is 4.79 Å². The Kier molecular flexibility index (Phi) is 3.79. The monoisotopic (exact) mass is 271 g/mol.